The minimum absolute atomic E-state index is 0. The monoisotopic (exact) mass is 463 g/mol. The normalized spacial score (nSPS) is 10.9. The molecule has 0 unspecified atom stereocenters. The summed E-state index contributed by atoms with van der Waals surface area (Å²) in [6, 6.07) is 5.28. The number of rotatable bonds is 16. The van der Waals surface area contributed by atoms with Crippen molar-refractivity contribution in [2.45, 2.75) is 88.9 Å². The van der Waals surface area contributed by atoms with Crippen molar-refractivity contribution in [3.05, 3.63) is 24.3 Å². The standard InChI is InChI=1S/C22H35NO6S.Na/c1-2-3-4-5-6-7-9-16-21(24)23-18-13-8-10-17-22(25)29-19-14-11-12-15-20(19)30(26,27)28;/h11-12,14-15H,2-10,13,16-18H2,1H3,(H,23,24)(H,26,27,28);/q;+1/p-1. The van der Waals surface area contributed by atoms with Crippen molar-refractivity contribution < 1.29 is 56.9 Å². The largest absolute Gasteiger partial charge is 1.00 e. The molecule has 0 atom stereocenters. The number of hydrogen-bond acceptors (Lipinski definition) is 6. The molecule has 9 heteroatoms. The van der Waals surface area contributed by atoms with E-state index in [2.05, 4.69) is 12.2 Å². The van der Waals surface area contributed by atoms with E-state index < -0.39 is 21.0 Å². The Morgan fingerprint density at radius 2 is 1.48 bits per heavy atom. The van der Waals surface area contributed by atoms with Gasteiger partial charge in [0, 0.05) is 19.4 Å². The van der Waals surface area contributed by atoms with Crippen molar-refractivity contribution in [3.8, 4) is 5.75 Å². The number of benzene rings is 1. The number of ether oxygens (including phenoxy) is 1. The fourth-order valence-electron chi connectivity index (χ4n) is 3.04. The summed E-state index contributed by atoms with van der Waals surface area (Å²) in [4.78, 5) is 23.1. The Balaban J connectivity index is 0.00000900. The molecule has 1 N–H and O–H groups in total. The van der Waals surface area contributed by atoms with Crippen molar-refractivity contribution >= 4 is 22.0 Å². The Labute approximate surface area is 208 Å². The van der Waals surface area contributed by atoms with Crippen LogP contribution in [0, 0.1) is 0 Å². The summed E-state index contributed by atoms with van der Waals surface area (Å²) in [5, 5.41) is 2.89. The van der Waals surface area contributed by atoms with Crippen molar-refractivity contribution in [2.75, 3.05) is 6.54 Å². The molecule has 1 rings (SSSR count). The van der Waals surface area contributed by atoms with Gasteiger partial charge >= 0.3 is 35.5 Å². The second-order valence-corrected chi connectivity index (χ2v) is 8.75. The first-order valence-electron chi connectivity index (χ1n) is 10.9. The number of hydrogen-bond donors (Lipinski definition) is 1. The molecule has 170 valence electrons. The van der Waals surface area contributed by atoms with Crippen LogP contribution >= 0.6 is 0 Å². The minimum atomic E-state index is -4.70. The van der Waals surface area contributed by atoms with Gasteiger partial charge in [-0.15, -0.1) is 0 Å². The van der Waals surface area contributed by atoms with Gasteiger partial charge in [0.15, 0.2) is 0 Å². The Hall–Kier alpha value is -0.930. The smallest absolute Gasteiger partial charge is 0.744 e. The van der Waals surface area contributed by atoms with Crippen molar-refractivity contribution in [1.82, 2.24) is 5.32 Å². The summed E-state index contributed by atoms with van der Waals surface area (Å²) in [5.74, 6) is -0.761. The summed E-state index contributed by atoms with van der Waals surface area (Å²) in [5.41, 5.74) is 0. The van der Waals surface area contributed by atoms with Crippen LogP contribution in [0.15, 0.2) is 29.2 Å². The van der Waals surface area contributed by atoms with Crippen LogP contribution < -0.4 is 39.6 Å². The van der Waals surface area contributed by atoms with Gasteiger partial charge in [0.1, 0.15) is 15.9 Å². The summed E-state index contributed by atoms with van der Waals surface area (Å²) in [6.45, 7) is 2.77. The molecule has 1 aromatic carbocycles. The number of amides is 1. The van der Waals surface area contributed by atoms with Crippen LogP contribution in [0.1, 0.15) is 84.0 Å². The number of carbonyl (C=O) groups is 2. The van der Waals surface area contributed by atoms with E-state index in [9.17, 15) is 22.6 Å². The average molecular weight is 464 g/mol. The molecule has 0 spiro atoms. The van der Waals surface area contributed by atoms with Gasteiger partial charge in [-0.1, -0.05) is 64.0 Å². The van der Waals surface area contributed by atoms with E-state index in [4.69, 9.17) is 4.74 Å². The van der Waals surface area contributed by atoms with Crippen molar-refractivity contribution in [2.24, 2.45) is 0 Å². The molecule has 0 aliphatic carbocycles. The second-order valence-electron chi connectivity index (χ2n) is 7.41. The van der Waals surface area contributed by atoms with Crippen LogP contribution in [0.3, 0.4) is 0 Å². The molecule has 7 nitrogen and oxygen atoms in total. The van der Waals surface area contributed by atoms with Crippen molar-refractivity contribution in [3.63, 3.8) is 0 Å². The van der Waals surface area contributed by atoms with Gasteiger partial charge in [-0.25, -0.2) is 8.42 Å². The molecule has 0 radical (unpaired) electrons. The third-order valence-electron chi connectivity index (χ3n) is 4.73. The molecule has 0 aromatic heterocycles. The third-order valence-corrected chi connectivity index (χ3v) is 5.61. The number of carbonyl (C=O) groups excluding carboxylic acids is 2. The zero-order chi connectivity index (χ0) is 22.2. The fraction of sp³-hybridized carbons (Fsp3) is 0.636. The quantitative estimate of drug-likeness (QED) is 0.130. The molecule has 31 heavy (non-hydrogen) atoms. The van der Waals surface area contributed by atoms with E-state index in [1.807, 2.05) is 0 Å². The van der Waals surface area contributed by atoms with Gasteiger partial charge in [-0.3, -0.25) is 9.59 Å². The predicted molar refractivity (Wildman–Crippen MR) is 114 cm³/mol. The maximum absolute atomic E-state index is 11.9. The van der Waals surface area contributed by atoms with Gasteiger partial charge in [0.05, 0.1) is 4.90 Å². The van der Waals surface area contributed by atoms with Gasteiger partial charge in [0.25, 0.3) is 0 Å². The van der Waals surface area contributed by atoms with Gasteiger partial charge in [-0.05, 0) is 31.4 Å². The molecule has 0 bridgehead atoms. The third kappa shape index (κ3) is 14.7. The average Bonchev–Trinajstić information content (AvgIpc) is 2.69. The molecule has 0 aliphatic heterocycles. The number of para-hydroxylation sites is 1. The van der Waals surface area contributed by atoms with Crippen molar-refractivity contribution in [1.29, 1.82) is 0 Å². The Morgan fingerprint density at radius 3 is 2.16 bits per heavy atom. The van der Waals surface area contributed by atoms with Crippen LogP contribution in [0.5, 0.6) is 5.75 Å². The SMILES string of the molecule is CCCCCCCCCC(=O)NCCCCCC(=O)Oc1ccccc1S(=O)(=O)[O-].[Na+]. The van der Waals surface area contributed by atoms with Crippen LogP contribution in [-0.4, -0.2) is 31.4 Å². The van der Waals surface area contributed by atoms with E-state index in [0.717, 1.165) is 31.7 Å². The van der Waals surface area contributed by atoms with Crippen LogP contribution in [-0.2, 0) is 19.7 Å². The first-order valence-corrected chi connectivity index (χ1v) is 12.3. The zero-order valence-corrected chi connectivity index (χ0v) is 21.7. The zero-order valence-electron chi connectivity index (χ0n) is 18.9. The maximum atomic E-state index is 11.9. The van der Waals surface area contributed by atoms with Crippen LogP contribution in [0.2, 0.25) is 0 Å². The summed E-state index contributed by atoms with van der Waals surface area (Å²) in [6.07, 6.45) is 11.0. The van der Waals surface area contributed by atoms with E-state index in [1.54, 1.807) is 0 Å². The summed E-state index contributed by atoms with van der Waals surface area (Å²) in [7, 11) is -4.70. The van der Waals surface area contributed by atoms with E-state index in [0.29, 0.717) is 19.4 Å². The molecular formula is C22H34NNaO6S. The fourth-order valence-corrected chi connectivity index (χ4v) is 3.65. The second kappa shape index (κ2) is 17.6. The van der Waals surface area contributed by atoms with Gasteiger partial charge < -0.3 is 14.6 Å². The molecule has 0 saturated carbocycles. The molecule has 1 aromatic rings. The molecule has 0 fully saturated rings. The van der Waals surface area contributed by atoms with E-state index in [1.165, 1.54) is 50.3 Å². The molecule has 0 aliphatic rings. The number of esters is 1. The van der Waals surface area contributed by atoms with Crippen LogP contribution in [0.25, 0.3) is 0 Å². The van der Waals surface area contributed by atoms with Gasteiger partial charge in [-0.2, -0.15) is 0 Å². The predicted octanol–water partition coefficient (Wildman–Crippen LogP) is 1.32. The molecule has 1 amide bonds. The Bertz CT molecular complexity index is 754. The summed E-state index contributed by atoms with van der Waals surface area (Å²) >= 11 is 0. The Morgan fingerprint density at radius 1 is 0.903 bits per heavy atom. The number of nitrogens with one attached hydrogen (secondary N) is 1. The summed E-state index contributed by atoms with van der Waals surface area (Å²) < 4.78 is 38.5. The van der Waals surface area contributed by atoms with E-state index in [-0.39, 0.29) is 47.6 Å². The molecule has 0 heterocycles. The van der Waals surface area contributed by atoms with E-state index >= 15 is 0 Å². The Kier molecular flexibility index (Phi) is 17.1. The molecule has 0 saturated heterocycles. The first-order chi connectivity index (χ1) is 14.3. The maximum Gasteiger partial charge on any atom is 1.00 e. The molecular weight excluding hydrogens is 429 g/mol. The topological polar surface area (TPSA) is 113 Å². The van der Waals surface area contributed by atoms with Gasteiger partial charge in [0.2, 0.25) is 5.91 Å². The number of unbranched alkanes of at least 4 members (excludes halogenated alkanes) is 8. The first kappa shape index (κ1) is 30.1. The minimum Gasteiger partial charge on any atom is -0.744 e. The van der Waals surface area contributed by atoms with Crippen LogP contribution in [0.4, 0.5) is 0 Å².